The van der Waals surface area contributed by atoms with Crippen LogP contribution in [0.3, 0.4) is 0 Å². The summed E-state index contributed by atoms with van der Waals surface area (Å²) in [5.74, 6) is 0.0721. The Labute approximate surface area is 142 Å². The van der Waals surface area contributed by atoms with Crippen molar-refractivity contribution in [2.75, 3.05) is 20.2 Å². The lowest BCUT2D eigenvalue weighted by Crippen LogP contribution is -2.52. The number of carbonyl (C=O) groups excluding carboxylic acids is 2. The highest BCUT2D eigenvalue weighted by Gasteiger charge is 2.43. The van der Waals surface area contributed by atoms with Gasteiger partial charge in [0.1, 0.15) is 5.60 Å². The number of likely N-dealkylation sites (tertiary alicyclic amines) is 1. The lowest BCUT2D eigenvalue weighted by molar-refractivity contribution is -0.125. The largest absolute Gasteiger partial charge is 0.481 e. The van der Waals surface area contributed by atoms with E-state index in [1.807, 2.05) is 20.8 Å². The molecule has 0 saturated carbocycles. The van der Waals surface area contributed by atoms with E-state index >= 15 is 0 Å². The van der Waals surface area contributed by atoms with Crippen LogP contribution in [-0.2, 0) is 14.9 Å². The van der Waals surface area contributed by atoms with Gasteiger partial charge in [-0.25, -0.2) is 9.78 Å². The van der Waals surface area contributed by atoms with Crippen molar-refractivity contribution in [2.45, 2.75) is 44.6 Å². The highest BCUT2D eigenvalue weighted by molar-refractivity contribution is 5.87. The summed E-state index contributed by atoms with van der Waals surface area (Å²) in [4.78, 5) is 30.1. The predicted octanol–water partition coefficient (Wildman–Crippen LogP) is 1.84. The van der Waals surface area contributed by atoms with Crippen LogP contribution in [0.15, 0.2) is 18.3 Å². The van der Waals surface area contributed by atoms with Crippen molar-refractivity contribution < 1.29 is 19.1 Å². The van der Waals surface area contributed by atoms with Gasteiger partial charge >= 0.3 is 6.09 Å². The molecule has 7 heteroatoms. The average molecular weight is 335 g/mol. The SMILES string of the molecule is COc1ccc(C2(C(N)=O)CCN(C(=O)OC(C)(C)C)CC2)cn1. The van der Waals surface area contributed by atoms with Gasteiger partial charge in [0.15, 0.2) is 0 Å². The molecular weight excluding hydrogens is 310 g/mol. The first-order valence-corrected chi connectivity index (χ1v) is 7.96. The molecule has 0 radical (unpaired) electrons. The summed E-state index contributed by atoms with van der Waals surface area (Å²) in [5.41, 5.74) is 5.08. The number of ether oxygens (including phenoxy) is 2. The van der Waals surface area contributed by atoms with Gasteiger partial charge in [-0.2, -0.15) is 0 Å². The Bertz CT molecular complexity index is 599. The lowest BCUT2D eigenvalue weighted by atomic mass is 9.73. The summed E-state index contributed by atoms with van der Waals surface area (Å²) in [6.07, 6.45) is 2.13. The van der Waals surface area contributed by atoms with E-state index in [1.54, 1.807) is 23.2 Å². The molecule has 1 aliphatic heterocycles. The fourth-order valence-electron chi connectivity index (χ4n) is 2.86. The van der Waals surface area contributed by atoms with Gasteiger partial charge in [-0.1, -0.05) is 6.07 Å². The topological polar surface area (TPSA) is 94.8 Å². The van der Waals surface area contributed by atoms with Crippen molar-refractivity contribution in [2.24, 2.45) is 5.73 Å². The van der Waals surface area contributed by atoms with Crippen LogP contribution in [0.1, 0.15) is 39.2 Å². The number of pyridine rings is 1. The number of primary amides is 1. The Morgan fingerprint density at radius 3 is 2.29 bits per heavy atom. The molecule has 0 unspecified atom stereocenters. The maximum Gasteiger partial charge on any atom is 0.410 e. The number of hydrogen-bond acceptors (Lipinski definition) is 5. The maximum atomic E-state index is 12.2. The van der Waals surface area contributed by atoms with Crippen LogP contribution in [0.4, 0.5) is 4.79 Å². The molecule has 0 spiro atoms. The fraction of sp³-hybridized carbons (Fsp3) is 0.588. The third-order valence-corrected chi connectivity index (χ3v) is 4.24. The molecule has 1 fully saturated rings. The zero-order chi connectivity index (χ0) is 18.0. The third-order valence-electron chi connectivity index (χ3n) is 4.24. The van der Waals surface area contributed by atoms with Crippen LogP contribution >= 0.6 is 0 Å². The summed E-state index contributed by atoms with van der Waals surface area (Å²) in [6, 6.07) is 3.51. The number of carbonyl (C=O) groups is 2. The number of rotatable bonds is 3. The van der Waals surface area contributed by atoms with Gasteiger partial charge in [-0.15, -0.1) is 0 Å². The smallest absolute Gasteiger partial charge is 0.410 e. The quantitative estimate of drug-likeness (QED) is 0.909. The van der Waals surface area contributed by atoms with Gasteiger partial charge in [0.2, 0.25) is 11.8 Å². The summed E-state index contributed by atoms with van der Waals surface area (Å²) in [5, 5.41) is 0. The number of hydrogen-bond donors (Lipinski definition) is 1. The highest BCUT2D eigenvalue weighted by Crippen LogP contribution is 2.36. The number of piperidine rings is 1. The van der Waals surface area contributed by atoms with Gasteiger partial charge < -0.3 is 20.1 Å². The molecule has 1 saturated heterocycles. The van der Waals surface area contributed by atoms with Crippen LogP contribution in [-0.4, -0.2) is 47.7 Å². The van der Waals surface area contributed by atoms with Crippen molar-refractivity contribution in [3.8, 4) is 5.88 Å². The van der Waals surface area contributed by atoms with E-state index in [2.05, 4.69) is 4.98 Å². The minimum absolute atomic E-state index is 0.367. The van der Waals surface area contributed by atoms with Gasteiger partial charge in [0.05, 0.1) is 12.5 Å². The van der Waals surface area contributed by atoms with Gasteiger partial charge in [-0.3, -0.25) is 4.79 Å². The number of nitrogens with two attached hydrogens (primary N) is 1. The van der Waals surface area contributed by atoms with Gasteiger partial charge in [0, 0.05) is 25.4 Å². The molecule has 0 bridgehead atoms. The molecule has 2 N–H and O–H groups in total. The molecule has 0 aromatic carbocycles. The van der Waals surface area contributed by atoms with Gasteiger partial charge in [0.25, 0.3) is 0 Å². The maximum absolute atomic E-state index is 12.2. The molecule has 1 aromatic heterocycles. The Morgan fingerprint density at radius 2 is 1.88 bits per heavy atom. The van der Waals surface area contributed by atoms with Crippen molar-refractivity contribution in [1.82, 2.24) is 9.88 Å². The second-order valence-electron chi connectivity index (χ2n) is 7.00. The predicted molar refractivity (Wildman–Crippen MR) is 88.7 cm³/mol. The molecule has 1 aromatic rings. The molecule has 1 aliphatic rings. The van der Waals surface area contributed by atoms with Crippen molar-refractivity contribution in [3.63, 3.8) is 0 Å². The molecule has 132 valence electrons. The van der Waals surface area contributed by atoms with Crippen molar-refractivity contribution in [1.29, 1.82) is 0 Å². The Hall–Kier alpha value is -2.31. The minimum Gasteiger partial charge on any atom is -0.481 e. The molecule has 2 heterocycles. The molecule has 0 aliphatic carbocycles. The van der Waals surface area contributed by atoms with Crippen molar-refractivity contribution >= 4 is 12.0 Å². The van der Waals surface area contributed by atoms with E-state index in [0.29, 0.717) is 31.8 Å². The van der Waals surface area contributed by atoms with E-state index in [-0.39, 0.29) is 6.09 Å². The third kappa shape index (κ3) is 3.77. The molecule has 2 rings (SSSR count). The van der Waals surface area contributed by atoms with Crippen LogP contribution < -0.4 is 10.5 Å². The molecule has 7 nitrogen and oxygen atoms in total. The minimum atomic E-state index is -0.822. The van der Waals surface area contributed by atoms with E-state index in [9.17, 15) is 9.59 Å². The summed E-state index contributed by atoms with van der Waals surface area (Å²) in [6.45, 7) is 6.29. The monoisotopic (exact) mass is 335 g/mol. The van der Waals surface area contributed by atoms with E-state index in [4.69, 9.17) is 15.2 Å². The molecule has 0 atom stereocenters. The second-order valence-corrected chi connectivity index (χ2v) is 7.00. The number of methoxy groups -OCH3 is 1. The first-order valence-electron chi connectivity index (χ1n) is 7.96. The summed E-state index contributed by atoms with van der Waals surface area (Å²) in [7, 11) is 1.53. The van der Waals surface area contributed by atoms with E-state index in [0.717, 1.165) is 5.56 Å². The van der Waals surface area contributed by atoms with Gasteiger partial charge in [-0.05, 0) is 39.2 Å². The molecular formula is C17H25N3O4. The zero-order valence-corrected chi connectivity index (χ0v) is 14.7. The first-order chi connectivity index (χ1) is 11.2. The van der Waals surface area contributed by atoms with Crippen LogP contribution in [0.5, 0.6) is 5.88 Å². The Morgan fingerprint density at radius 1 is 1.25 bits per heavy atom. The number of amides is 2. The standard InChI is InChI=1S/C17H25N3O4/c1-16(2,3)24-15(22)20-9-7-17(8-10-20,14(18)21)12-5-6-13(23-4)19-11-12/h5-6,11H,7-10H2,1-4H3,(H2,18,21). The average Bonchev–Trinajstić information content (AvgIpc) is 2.53. The number of aromatic nitrogens is 1. The summed E-state index contributed by atoms with van der Waals surface area (Å²) < 4.78 is 10.4. The second kappa shape index (κ2) is 6.67. The highest BCUT2D eigenvalue weighted by atomic mass is 16.6. The van der Waals surface area contributed by atoms with E-state index < -0.39 is 16.9 Å². The Kier molecular flexibility index (Phi) is 5.01. The van der Waals surface area contributed by atoms with Crippen LogP contribution in [0.2, 0.25) is 0 Å². The summed E-state index contributed by atoms with van der Waals surface area (Å²) >= 11 is 0. The lowest BCUT2D eigenvalue weighted by Gasteiger charge is -2.40. The van der Waals surface area contributed by atoms with Crippen molar-refractivity contribution in [3.05, 3.63) is 23.9 Å². The normalized spacial score (nSPS) is 17.2. The van der Waals surface area contributed by atoms with Crippen LogP contribution in [0, 0.1) is 0 Å². The zero-order valence-electron chi connectivity index (χ0n) is 14.7. The van der Waals surface area contributed by atoms with E-state index in [1.165, 1.54) is 7.11 Å². The molecule has 2 amide bonds. The fourth-order valence-corrected chi connectivity index (χ4v) is 2.86. The van der Waals surface area contributed by atoms with Crippen LogP contribution in [0.25, 0.3) is 0 Å². The molecule has 24 heavy (non-hydrogen) atoms. The Balaban J connectivity index is 2.14. The first kappa shape index (κ1) is 18.0. The number of nitrogens with zero attached hydrogens (tertiary/aromatic N) is 2.